The second-order valence-electron chi connectivity index (χ2n) is 7.94. The van der Waals surface area contributed by atoms with Crippen LogP contribution in [-0.4, -0.2) is 55.0 Å². The van der Waals surface area contributed by atoms with Crippen molar-refractivity contribution >= 4 is 41.3 Å². The molecule has 4 rings (SSSR count). The van der Waals surface area contributed by atoms with Crippen LogP contribution in [0, 0.1) is 5.92 Å². The van der Waals surface area contributed by atoms with Crippen LogP contribution >= 0.6 is 35.3 Å². The minimum atomic E-state index is 0. The maximum absolute atomic E-state index is 5.46. The summed E-state index contributed by atoms with van der Waals surface area (Å²) >= 11 is 1.78. The molecule has 2 aliphatic heterocycles. The monoisotopic (exact) mass is 528 g/mol. The predicted molar refractivity (Wildman–Crippen MR) is 131 cm³/mol. The molecule has 2 aromatic heterocycles. The van der Waals surface area contributed by atoms with Crippen molar-refractivity contribution in [2.45, 2.75) is 38.6 Å². The molecule has 0 saturated carbocycles. The Kier molecular flexibility index (Phi) is 9.33. The van der Waals surface area contributed by atoms with E-state index in [0.717, 1.165) is 50.2 Å². The Morgan fingerprint density at radius 2 is 2.07 bits per heavy atom. The minimum absolute atomic E-state index is 0. The highest BCUT2D eigenvalue weighted by molar-refractivity contribution is 14.0. The Morgan fingerprint density at radius 3 is 2.83 bits per heavy atom. The molecule has 0 aliphatic carbocycles. The number of furan rings is 1. The number of hydrogen-bond donors (Lipinski definition) is 1. The molecule has 1 atom stereocenters. The summed E-state index contributed by atoms with van der Waals surface area (Å²) in [7, 11) is 0. The zero-order valence-corrected chi connectivity index (χ0v) is 20.2. The molecule has 1 unspecified atom stereocenters. The Labute approximate surface area is 195 Å². The molecule has 0 bridgehead atoms. The van der Waals surface area contributed by atoms with Crippen molar-refractivity contribution in [1.29, 1.82) is 0 Å². The van der Waals surface area contributed by atoms with E-state index in [-0.39, 0.29) is 24.0 Å². The number of nitrogens with one attached hydrogen (secondary N) is 1. The van der Waals surface area contributed by atoms with Crippen LogP contribution in [0.15, 0.2) is 45.3 Å². The van der Waals surface area contributed by atoms with Gasteiger partial charge in [0.2, 0.25) is 0 Å². The van der Waals surface area contributed by atoms with Crippen LogP contribution in [-0.2, 0) is 13.0 Å². The molecule has 0 spiro atoms. The Morgan fingerprint density at radius 1 is 1.17 bits per heavy atom. The number of likely N-dealkylation sites (tertiary alicyclic amines) is 2. The molecule has 2 saturated heterocycles. The smallest absolute Gasteiger partial charge is 0.194 e. The fourth-order valence-electron chi connectivity index (χ4n) is 4.26. The molecule has 0 aromatic carbocycles. The number of piperidine rings is 1. The first-order chi connectivity index (χ1) is 13.9. The van der Waals surface area contributed by atoms with E-state index in [0.29, 0.717) is 0 Å². The summed E-state index contributed by atoms with van der Waals surface area (Å²) in [5, 5.41) is 5.72. The third-order valence-electron chi connectivity index (χ3n) is 5.75. The second kappa shape index (κ2) is 12.0. The van der Waals surface area contributed by atoms with E-state index in [1.54, 1.807) is 17.6 Å². The molecule has 0 radical (unpaired) electrons. The lowest BCUT2D eigenvalue weighted by atomic mass is 10.1. The largest absolute Gasteiger partial charge is 0.469 e. The molecule has 29 heavy (non-hydrogen) atoms. The second-order valence-corrected chi connectivity index (χ2v) is 8.97. The van der Waals surface area contributed by atoms with Gasteiger partial charge in [-0.3, -0.25) is 0 Å². The normalized spacial score (nSPS) is 20.6. The van der Waals surface area contributed by atoms with Gasteiger partial charge < -0.3 is 19.5 Å². The topological polar surface area (TPSA) is 44.0 Å². The van der Waals surface area contributed by atoms with Gasteiger partial charge in [0.15, 0.2) is 5.96 Å². The molecule has 160 valence electrons. The van der Waals surface area contributed by atoms with Gasteiger partial charge in [-0.2, -0.15) is 0 Å². The van der Waals surface area contributed by atoms with E-state index in [1.807, 2.05) is 12.1 Å². The van der Waals surface area contributed by atoms with Crippen LogP contribution in [0.5, 0.6) is 0 Å². The number of thiophene rings is 1. The first-order valence-electron chi connectivity index (χ1n) is 10.7. The first-order valence-corrected chi connectivity index (χ1v) is 11.5. The lowest BCUT2D eigenvalue weighted by molar-refractivity contribution is 0.198. The van der Waals surface area contributed by atoms with E-state index in [4.69, 9.17) is 9.41 Å². The number of aliphatic imine (C=N–C) groups is 1. The van der Waals surface area contributed by atoms with Crippen molar-refractivity contribution in [3.8, 4) is 0 Å². The molecule has 5 nitrogen and oxygen atoms in total. The number of hydrogen-bond acceptors (Lipinski definition) is 4. The average Bonchev–Trinajstić information content (AvgIpc) is 3.48. The van der Waals surface area contributed by atoms with Crippen molar-refractivity contribution < 1.29 is 4.42 Å². The zero-order chi connectivity index (χ0) is 19.0. The van der Waals surface area contributed by atoms with Gasteiger partial charge in [0.05, 0.1) is 12.8 Å². The van der Waals surface area contributed by atoms with Crippen LogP contribution in [0.2, 0.25) is 0 Å². The average molecular weight is 529 g/mol. The third-order valence-corrected chi connectivity index (χ3v) is 6.61. The minimum Gasteiger partial charge on any atom is -0.469 e. The Balaban J connectivity index is 0.00000240. The van der Waals surface area contributed by atoms with Crippen LogP contribution < -0.4 is 5.32 Å². The molecule has 0 amide bonds. The summed E-state index contributed by atoms with van der Waals surface area (Å²) in [6.07, 6.45) is 8.06. The molecular formula is C22H33IN4OS. The molecule has 4 heterocycles. The summed E-state index contributed by atoms with van der Waals surface area (Å²) < 4.78 is 5.46. The highest BCUT2D eigenvalue weighted by Gasteiger charge is 2.27. The van der Waals surface area contributed by atoms with Crippen molar-refractivity contribution in [1.82, 2.24) is 15.1 Å². The number of nitrogens with zero attached hydrogens (tertiary/aromatic N) is 3. The van der Waals surface area contributed by atoms with E-state index in [2.05, 4.69) is 32.6 Å². The third kappa shape index (κ3) is 7.00. The number of guanidine groups is 1. The fourth-order valence-corrected chi connectivity index (χ4v) is 4.88. The van der Waals surface area contributed by atoms with Crippen LogP contribution in [0.1, 0.15) is 36.3 Å². The molecule has 2 fully saturated rings. The summed E-state index contributed by atoms with van der Waals surface area (Å²) in [5.74, 6) is 2.84. The first kappa shape index (κ1) is 22.6. The van der Waals surface area contributed by atoms with Crippen molar-refractivity contribution in [3.05, 3.63) is 46.5 Å². The zero-order valence-electron chi connectivity index (χ0n) is 17.1. The molecule has 7 heteroatoms. The van der Waals surface area contributed by atoms with Gasteiger partial charge in [0, 0.05) is 37.5 Å². The van der Waals surface area contributed by atoms with Gasteiger partial charge in [0.1, 0.15) is 5.76 Å². The molecule has 2 aromatic rings. The van der Waals surface area contributed by atoms with Crippen LogP contribution in [0.4, 0.5) is 0 Å². The summed E-state index contributed by atoms with van der Waals surface area (Å²) in [6, 6.07) is 8.25. The Hall–Kier alpha value is -1.06. The highest BCUT2D eigenvalue weighted by atomic mass is 127. The lowest BCUT2D eigenvalue weighted by Crippen LogP contribution is -2.42. The maximum atomic E-state index is 5.46. The highest BCUT2D eigenvalue weighted by Crippen LogP contribution is 2.20. The number of halogens is 1. The van der Waals surface area contributed by atoms with Crippen molar-refractivity contribution in [2.75, 3.05) is 39.3 Å². The van der Waals surface area contributed by atoms with Crippen LogP contribution in [0.25, 0.3) is 0 Å². The molecular weight excluding hydrogens is 495 g/mol. The standard InChI is InChI=1S/C22H32N4OS.HI/c1-2-11-25(12-3-1)17-19-9-13-26(18-19)22(24-16-21-7-5-15-28-21)23-10-8-20-6-4-14-27-20;/h4-7,14-15,19H,1-3,8-13,16-18H2,(H,23,24);1H. The maximum Gasteiger partial charge on any atom is 0.194 e. The van der Waals surface area contributed by atoms with E-state index < -0.39 is 0 Å². The van der Waals surface area contributed by atoms with Crippen molar-refractivity contribution in [3.63, 3.8) is 0 Å². The van der Waals surface area contributed by atoms with E-state index in [1.165, 1.54) is 50.2 Å². The molecule has 1 N–H and O–H groups in total. The Bertz CT molecular complexity index is 713. The van der Waals surface area contributed by atoms with Gasteiger partial charge in [-0.05, 0) is 61.8 Å². The SMILES string of the molecule is I.c1coc(CCNC(=NCc2cccs2)N2CCC(CN3CCCCC3)C2)c1. The number of rotatable bonds is 7. The van der Waals surface area contributed by atoms with E-state index in [9.17, 15) is 0 Å². The van der Waals surface area contributed by atoms with Gasteiger partial charge in [-0.1, -0.05) is 12.5 Å². The summed E-state index contributed by atoms with van der Waals surface area (Å²) in [4.78, 5) is 11.4. The lowest BCUT2D eigenvalue weighted by Gasteiger charge is -2.29. The van der Waals surface area contributed by atoms with Crippen LogP contribution in [0.3, 0.4) is 0 Å². The van der Waals surface area contributed by atoms with Gasteiger partial charge in [-0.25, -0.2) is 4.99 Å². The van der Waals surface area contributed by atoms with E-state index >= 15 is 0 Å². The van der Waals surface area contributed by atoms with Gasteiger partial charge in [0.25, 0.3) is 0 Å². The predicted octanol–water partition coefficient (Wildman–Crippen LogP) is 4.46. The fraction of sp³-hybridized carbons (Fsp3) is 0.591. The van der Waals surface area contributed by atoms with Gasteiger partial charge in [-0.15, -0.1) is 35.3 Å². The molecule has 2 aliphatic rings. The summed E-state index contributed by atoms with van der Waals surface area (Å²) in [5.41, 5.74) is 0. The quantitative estimate of drug-likeness (QED) is 0.328. The van der Waals surface area contributed by atoms with Gasteiger partial charge >= 0.3 is 0 Å². The summed E-state index contributed by atoms with van der Waals surface area (Å²) in [6.45, 7) is 7.66. The van der Waals surface area contributed by atoms with Crippen molar-refractivity contribution in [2.24, 2.45) is 10.9 Å².